The Bertz CT molecular complexity index is 1040. The molecule has 3 heterocycles. The third-order valence-corrected chi connectivity index (χ3v) is 4.75. The first kappa shape index (κ1) is 15.7. The molecule has 0 atom stereocenters. The Morgan fingerprint density at radius 2 is 2.08 bits per heavy atom. The van der Waals surface area contributed by atoms with Crippen molar-refractivity contribution in [3.8, 4) is 11.3 Å². The number of fused-ring (bicyclic) bond motifs is 1. The number of anilines is 2. The Labute approximate surface area is 148 Å². The van der Waals surface area contributed by atoms with Crippen molar-refractivity contribution in [2.75, 3.05) is 11.9 Å². The van der Waals surface area contributed by atoms with Crippen molar-refractivity contribution in [3.05, 3.63) is 52.8 Å². The van der Waals surface area contributed by atoms with Gasteiger partial charge >= 0.3 is 0 Å². The van der Waals surface area contributed by atoms with E-state index in [-0.39, 0.29) is 6.61 Å². The highest BCUT2D eigenvalue weighted by Crippen LogP contribution is 2.32. The molecule has 0 aliphatic heterocycles. The molecule has 0 saturated carbocycles. The average molecular weight is 352 g/mol. The lowest BCUT2D eigenvalue weighted by molar-refractivity contribution is 0.248. The summed E-state index contributed by atoms with van der Waals surface area (Å²) in [5, 5.41) is 13.1. The molecule has 0 fully saturated rings. The van der Waals surface area contributed by atoms with E-state index < -0.39 is 0 Å². The number of hydrogen-bond acceptors (Lipinski definition) is 7. The summed E-state index contributed by atoms with van der Waals surface area (Å²) in [6, 6.07) is 9.51. The SMILES string of the molecule is Cc1nc(N(C)c2ncnc3ccc(-c4ccc(CO)o4)cc23)cs1. The van der Waals surface area contributed by atoms with E-state index in [2.05, 4.69) is 15.0 Å². The molecule has 0 spiro atoms. The number of hydrogen-bond donors (Lipinski definition) is 1. The van der Waals surface area contributed by atoms with Crippen LogP contribution in [-0.4, -0.2) is 27.1 Å². The summed E-state index contributed by atoms with van der Waals surface area (Å²) in [4.78, 5) is 15.3. The van der Waals surface area contributed by atoms with Crippen molar-refractivity contribution >= 4 is 33.9 Å². The van der Waals surface area contributed by atoms with Gasteiger partial charge in [0.15, 0.2) is 0 Å². The Balaban J connectivity index is 1.83. The largest absolute Gasteiger partial charge is 0.459 e. The zero-order valence-electron chi connectivity index (χ0n) is 13.8. The summed E-state index contributed by atoms with van der Waals surface area (Å²) in [7, 11) is 1.94. The van der Waals surface area contributed by atoms with Crippen LogP contribution in [0.2, 0.25) is 0 Å². The van der Waals surface area contributed by atoms with Gasteiger partial charge in [0, 0.05) is 23.4 Å². The van der Waals surface area contributed by atoms with E-state index in [1.165, 1.54) is 0 Å². The summed E-state index contributed by atoms with van der Waals surface area (Å²) >= 11 is 1.60. The van der Waals surface area contributed by atoms with Gasteiger partial charge in [0.25, 0.3) is 0 Å². The van der Waals surface area contributed by atoms with Crippen molar-refractivity contribution < 1.29 is 9.52 Å². The van der Waals surface area contributed by atoms with Gasteiger partial charge in [-0.1, -0.05) is 0 Å². The second-order valence-electron chi connectivity index (χ2n) is 5.64. The summed E-state index contributed by atoms with van der Waals surface area (Å²) in [5.74, 6) is 2.88. The van der Waals surface area contributed by atoms with Crippen LogP contribution in [0.15, 0.2) is 46.5 Å². The molecule has 4 rings (SSSR count). The number of thiazole rings is 1. The molecule has 7 heteroatoms. The van der Waals surface area contributed by atoms with Crippen molar-refractivity contribution in [3.63, 3.8) is 0 Å². The molecule has 1 N–H and O–H groups in total. The molecule has 0 radical (unpaired) electrons. The lowest BCUT2D eigenvalue weighted by Gasteiger charge is -2.17. The zero-order valence-corrected chi connectivity index (χ0v) is 14.6. The maximum absolute atomic E-state index is 9.19. The van der Waals surface area contributed by atoms with Crippen molar-refractivity contribution in [2.45, 2.75) is 13.5 Å². The number of aliphatic hydroxyl groups excluding tert-OH is 1. The van der Waals surface area contributed by atoms with Crippen LogP contribution in [0.25, 0.3) is 22.2 Å². The third kappa shape index (κ3) is 2.88. The first-order valence-corrected chi connectivity index (χ1v) is 8.64. The van der Waals surface area contributed by atoms with Gasteiger partial charge in [-0.25, -0.2) is 15.0 Å². The number of aliphatic hydroxyl groups is 1. The lowest BCUT2D eigenvalue weighted by atomic mass is 10.1. The maximum Gasteiger partial charge on any atom is 0.145 e. The Morgan fingerprint density at radius 3 is 2.80 bits per heavy atom. The molecular weight excluding hydrogens is 336 g/mol. The first-order valence-electron chi connectivity index (χ1n) is 7.76. The minimum Gasteiger partial charge on any atom is -0.459 e. The highest BCUT2D eigenvalue weighted by atomic mass is 32.1. The van der Waals surface area contributed by atoms with Gasteiger partial charge in [-0.2, -0.15) is 0 Å². The standard InChI is InChI=1S/C18H16N4O2S/c1-11-21-17(9-25-11)22(2)18-14-7-12(3-5-15(14)19-10-20-18)16-6-4-13(8-23)24-16/h3-7,9-10,23H,8H2,1-2H3. The first-order chi connectivity index (χ1) is 12.2. The Kier molecular flexibility index (Phi) is 3.95. The number of benzene rings is 1. The van der Waals surface area contributed by atoms with Gasteiger partial charge in [-0.05, 0) is 37.3 Å². The minimum atomic E-state index is -0.117. The van der Waals surface area contributed by atoms with Gasteiger partial charge in [0.1, 0.15) is 36.1 Å². The molecule has 126 valence electrons. The molecule has 0 aliphatic carbocycles. The smallest absolute Gasteiger partial charge is 0.145 e. The fourth-order valence-corrected chi connectivity index (χ4v) is 3.33. The van der Waals surface area contributed by atoms with Crippen molar-refractivity contribution in [1.29, 1.82) is 0 Å². The molecule has 0 amide bonds. The second kappa shape index (κ2) is 6.27. The van der Waals surface area contributed by atoms with E-state index in [4.69, 9.17) is 4.42 Å². The molecule has 0 aliphatic rings. The summed E-state index contributed by atoms with van der Waals surface area (Å²) in [6.45, 7) is 1.86. The van der Waals surface area contributed by atoms with E-state index in [0.717, 1.165) is 33.1 Å². The Hall–Kier alpha value is -2.77. The van der Waals surface area contributed by atoms with Gasteiger partial charge < -0.3 is 14.4 Å². The summed E-state index contributed by atoms with van der Waals surface area (Å²) < 4.78 is 5.64. The van der Waals surface area contributed by atoms with Crippen molar-refractivity contribution in [2.24, 2.45) is 0 Å². The van der Waals surface area contributed by atoms with E-state index in [0.29, 0.717) is 11.5 Å². The molecule has 1 aromatic carbocycles. The van der Waals surface area contributed by atoms with Crippen molar-refractivity contribution in [1.82, 2.24) is 15.0 Å². The van der Waals surface area contributed by atoms with Gasteiger partial charge in [0.2, 0.25) is 0 Å². The number of nitrogens with zero attached hydrogens (tertiary/aromatic N) is 4. The van der Waals surface area contributed by atoms with Gasteiger partial charge in [-0.15, -0.1) is 11.3 Å². The molecular formula is C18H16N4O2S. The molecule has 6 nitrogen and oxygen atoms in total. The quantitative estimate of drug-likeness (QED) is 0.600. The van der Waals surface area contributed by atoms with Crippen LogP contribution in [0.1, 0.15) is 10.8 Å². The van der Waals surface area contributed by atoms with Gasteiger partial charge in [-0.3, -0.25) is 0 Å². The van der Waals surface area contributed by atoms with Crippen LogP contribution in [0.4, 0.5) is 11.6 Å². The van der Waals surface area contributed by atoms with E-state index in [1.54, 1.807) is 23.7 Å². The molecule has 3 aromatic heterocycles. The Morgan fingerprint density at radius 1 is 1.20 bits per heavy atom. The fraction of sp³-hybridized carbons (Fsp3) is 0.167. The van der Waals surface area contributed by atoms with Crippen LogP contribution in [0, 0.1) is 6.92 Å². The van der Waals surface area contributed by atoms with Crippen LogP contribution in [0.3, 0.4) is 0 Å². The number of aryl methyl sites for hydroxylation is 1. The van der Waals surface area contributed by atoms with Crippen LogP contribution < -0.4 is 4.90 Å². The topological polar surface area (TPSA) is 75.3 Å². The monoisotopic (exact) mass is 352 g/mol. The summed E-state index contributed by atoms with van der Waals surface area (Å²) in [6.07, 6.45) is 1.56. The van der Waals surface area contributed by atoms with E-state index >= 15 is 0 Å². The molecule has 0 unspecified atom stereocenters. The maximum atomic E-state index is 9.19. The lowest BCUT2D eigenvalue weighted by Crippen LogP contribution is -2.12. The normalized spacial score (nSPS) is 11.2. The predicted molar refractivity (Wildman–Crippen MR) is 98.1 cm³/mol. The second-order valence-corrected chi connectivity index (χ2v) is 6.70. The minimum absolute atomic E-state index is 0.117. The third-order valence-electron chi connectivity index (χ3n) is 3.98. The highest BCUT2D eigenvalue weighted by molar-refractivity contribution is 7.09. The number of furan rings is 1. The number of rotatable bonds is 4. The average Bonchev–Trinajstić information content (AvgIpc) is 3.29. The van der Waals surface area contributed by atoms with E-state index in [1.807, 2.05) is 48.5 Å². The molecule has 0 bridgehead atoms. The highest BCUT2D eigenvalue weighted by Gasteiger charge is 2.14. The van der Waals surface area contributed by atoms with Gasteiger partial charge in [0.05, 0.1) is 10.5 Å². The van der Waals surface area contributed by atoms with E-state index in [9.17, 15) is 5.11 Å². The van der Waals surface area contributed by atoms with Crippen LogP contribution >= 0.6 is 11.3 Å². The van der Waals surface area contributed by atoms with Crippen LogP contribution in [0.5, 0.6) is 0 Å². The zero-order chi connectivity index (χ0) is 17.4. The predicted octanol–water partition coefficient (Wildman–Crippen LogP) is 3.91. The molecule has 0 saturated heterocycles. The molecule has 25 heavy (non-hydrogen) atoms. The summed E-state index contributed by atoms with van der Waals surface area (Å²) in [5.41, 5.74) is 1.76. The van der Waals surface area contributed by atoms with Crippen LogP contribution in [-0.2, 0) is 6.61 Å². The number of aromatic nitrogens is 3. The molecule has 4 aromatic rings. The fourth-order valence-electron chi connectivity index (χ4n) is 2.70.